The fourth-order valence-electron chi connectivity index (χ4n) is 1.15. The Morgan fingerprint density at radius 3 is 2.92 bits per heavy atom. The molecule has 1 heterocycles. The van der Waals surface area contributed by atoms with E-state index in [0.29, 0.717) is 4.05 Å². The van der Waals surface area contributed by atoms with Gasteiger partial charge in [-0.2, -0.15) is 0 Å². The predicted octanol–water partition coefficient (Wildman–Crippen LogP) is 2.38. The average Bonchev–Trinajstić information content (AvgIpc) is 2.47. The molecule has 2 rings (SSSR count). The molecule has 0 saturated heterocycles. The number of nitrogens with zero attached hydrogens (tertiary/aromatic N) is 3. The van der Waals surface area contributed by atoms with Crippen LogP contribution in [0.3, 0.4) is 0 Å². The molecule has 3 nitrogen and oxygen atoms in total. The first-order valence-electron chi connectivity index (χ1n) is 3.73. The third-order valence-corrected chi connectivity index (χ3v) is 2.24. The SMILES string of the molecule is CC(I)n1nnc2ccccc21. The van der Waals surface area contributed by atoms with Gasteiger partial charge in [0.15, 0.2) is 0 Å². The van der Waals surface area contributed by atoms with Gasteiger partial charge in [0, 0.05) is 0 Å². The van der Waals surface area contributed by atoms with Gasteiger partial charge in [0.1, 0.15) is 9.57 Å². The Balaban J connectivity index is 2.70. The van der Waals surface area contributed by atoms with E-state index >= 15 is 0 Å². The third kappa shape index (κ3) is 1.20. The Kier molecular flexibility index (Phi) is 2.00. The summed E-state index contributed by atoms with van der Waals surface area (Å²) >= 11 is 2.31. The fraction of sp³-hybridized carbons (Fsp3) is 0.250. The summed E-state index contributed by atoms with van der Waals surface area (Å²) in [5.41, 5.74) is 2.06. The zero-order valence-corrected chi connectivity index (χ0v) is 8.76. The number of hydrogen-bond donors (Lipinski definition) is 0. The maximum Gasteiger partial charge on any atom is 0.113 e. The molecule has 2 aromatic rings. The topological polar surface area (TPSA) is 30.7 Å². The lowest BCUT2D eigenvalue weighted by Crippen LogP contribution is -1.99. The summed E-state index contributed by atoms with van der Waals surface area (Å²) in [6, 6.07) is 7.97. The van der Waals surface area contributed by atoms with Crippen molar-refractivity contribution in [2.45, 2.75) is 11.0 Å². The summed E-state index contributed by atoms with van der Waals surface area (Å²) in [5.74, 6) is 0. The van der Waals surface area contributed by atoms with Gasteiger partial charge >= 0.3 is 0 Å². The summed E-state index contributed by atoms with van der Waals surface area (Å²) < 4.78 is 2.26. The van der Waals surface area contributed by atoms with Gasteiger partial charge in [0.2, 0.25) is 0 Å². The lowest BCUT2D eigenvalue weighted by atomic mass is 10.3. The number of rotatable bonds is 1. The van der Waals surface area contributed by atoms with Gasteiger partial charge in [0.25, 0.3) is 0 Å². The van der Waals surface area contributed by atoms with Gasteiger partial charge in [-0.25, -0.2) is 4.68 Å². The van der Waals surface area contributed by atoms with Gasteiger partial charge < -0.3 is 0 Å². The summed E-state index contributed by atoms with van der Waals surface area (Å²) in [4.78, 5) is 0. The first kappa shape index (κ1) is 7.97. The molecular formula is C8H8IN3. The Hall–Kier alpha value is -0.650. The third-order valence-electron chi connectivity index (χ3n) is 1.71. The highest BCUT2D eigenvalue weighted by atomic mass is 127. The molecule has 1 aromatic heterocycles. The second-order valence-corrected chi connectivity index (χ2v) is 4.40. The highest BCUT2D eigenvalue weighted by Crippen LogP contribution is 2.19. The minimum Gasteiger partial charge on any atom is -0.232 e. The first-order chi connectivity index (χ1) is 5.79. The van der Waals surface area contributed by atoms with Crippen molar-refractivity contribution in [3.05, 3.63) is 24.3 Å². The van der Waals surface area contributed by atoms with Crippen LogP contribution in [0.1, 0.15) is 11.0 Å². The van der Waals surface area contributed by atoms with Crippen LogP contribution in [0.4, 0.5) is 0 Å². The van der Waals surface area contributed by atoms with Crippen molar-refractivity contribution in [2.24, 2.45) is 0 Å². The first-order valence-corrected chi connectivity index (χ1v) is 4.97. The van der Waals surface area contributed by atoms with E-state index in [2.05, 4.69) is 39.8 Å². The van der Waals surface area contributed by atoms with E-state index in [4.69, 9.17) is 0 Å². The molecule has 0 radical (unpaired) electrons. The Morgan fingerprint density at radius 1 is 1.42 bits per heavy atom. The van der Waals surface area contributed by atoms with Crippen molar-refractivity contribution in [2.75, 3.05) is 0 Å². The van der Waals surface area contributed by atoms with Gasteiger partial charge in [-0.05, 0) is 19.1 Å². The van der Waals surface area contributed by atoms with Crippen LogP contribution in [-0.4, -0.2) is 15.0 Å². The number of aromatic nitrogens is 3. The van der Waals surface area contributed by atoms with Crippen molar-refractivity contribution >= 4 is 33.6 Å². The Morgan fingerprint density at radius 2 is 2.17 bits per heavy atom. The molecule has 0 aliphatic heterocycles. The molecule has 0 amide bonds. The Bertz CT molecular complexity index is 394. The van der Waals surface area contributed by atoms with Crippen LogP contribution in [0, 0.1) is 0 Å². The lowest BCUT2D eigenvalue weighted by Gasteiger charge is -2.02. The van der Waals surface area contributed by atoms with Gasteiger partial charge in [0.05, 0.1) is 5.52 Å². The largest absolute Gasteiger partial charge is 0.232 e. The molecule has 12 heavy (non-hydrogen) atoms. The minimum atomic E-state index is 0.343. The molecule has 1 atom stereocenters. The van der Waals surface area contributed by atoms with Crippen molar-refractivity contribution < 1.29 is 0 Å². The maximum absolute atomic E-state index is 4.05. The van der Waals surface area contributed by atoms with E-state index in [1.165, 1.54) is 0 Å². The second kappa shape index (κ2) is 3.01. The predicted molar refractivity (Wildman–Crippen MR) is 56.3 cm³/mol. The van der Waals surface area contributed by atoms with E-state index in [-0.39, 0.29) is 0 Å². The monoisotopic (exact) mass is 273 g/mol. The maximum atomic E-state index is 4.05. The van der Waals surface area contributed by atoms with Crippen LogP contribution in [0.5, 0.6) is 0 Å². The summed E-state index contributed by atoms with van der Waals surface area (Å²) in [7, 11) is 0. The number of alkyl halides is 1. The number of benzene rings is 1. The van der Waals surface area contributed by atoms with E-state index < -0.39 is 0 Å². The quantitative estimate of drug-likeness (QED) is 0.590. The zero-order chi connectivity index (χ0) is 8.55. The molecule has 0 N–H and O–H groups in total. The van der Waals surface area contributed by atoms with Crippen LogP contribution in [-0.2, 0) is 0 Å². The summed E-state index contributed by atoms with van der Waals surface area (Å²) in [5, 5.41) is 8.10. The van der Waals surface area contributed by atoms with Crippen LogP contribution in [0.2, 0.25) is 0 Å². The summed E-state index contributed by atoms with van der Waals surface area (Å²) in [6.07, 6.45) is 0. The lowest BCUT2D eigenvalue weighted by molar-refractivity contribution is 0.651. The molecule has 0 aliphatic rings. The molecule has 0 bridgehead atoms. The molecule has 0 fully saturated rings. The number of hydrogen-bond acceptors (Lipinski definition) is 2. The second-order valence-electron chi connectivity index (χ2n) is 2.60. The molecule has 1 aromatic carbocycles. The fourth-order valence-corrected chi connectivity index (χ4v) is 1.56. The minimum absolute atomic E-state index is 0.343. The smallest absolute Gasteiger partial charge is 0.113 e. The van der Waals surface area contributed by atoms with E-state index in [1.807, 2.05) is 28.9 Å². The van der Waals surface area contributed by atoms with E-state index in [9.17, 15) is 0 Å². The average molecular weight is 273 g/mol. The van der Waals surface area contributed by atoms with Crippen LogP contribution in [0.15, 0.2) is 24.3 Å². The number of fused-ring (bicyclic) bond motifs is 1. The number of para-hydroxylation sites is 1. The van der Waals surface area contributed by atoms with Crippen molar-refractivity contribution in [1.82, 2.24) is 15.0 Å². The number of halogens is 1. The van der Waals surface area contributed by atoms with Crippen molar-refractivity contribution in [1.29, 1.82) is 0 Å². The molecule has 1 unspecified atom stereocenters. The van der Waals surface area contributed by atoms with Crippen LogP contribution < -0.4 is 0 Å². The molecular weight excluding hydrogens is 265 g/mol. The normalized spacial score (nSPS) is 13.5. The highest BCUT2D eigenvalue weighted by molar-refractivity contribution is 14.1. The van der Waals surface area contributed by atoms with Crippen molar-refractivity contribution in [3.8, 4) is 0 Å². The highest BCUT2D eigenvalue weighted by Gasteiger charge is 2.05. The van der Waals surface area contributed by atoms with Crippen LogP contribution in [0.25, 0.3) is 11.0 Å². The van der Waals surface area contributed by atoms with Gasteiger partial charge in [-0.1, -0.05) is 39.9 Å². The summed E-state index contributed by atoms with van der Waals surface area (Å²) in [6.45, 7) is 2.08. The van der Waals surface area contributed by atoms with E-state index in [1.54, 1.807) is 0 Å². The van der Waals surface area contributed by atoms with Gasteiger partial charge in [-0.3, -0.25) is 0 Å². The molecule has 0 saturated carbocycles. The molecule has 0 spiro atoms. The van der Waals surface area contributed by atoms with Crippen LogP contribution >= 0.6 is 22.6 Å². The molecule has 4 heteroatoms. The van der Waals surface area contributed by atoms with E-state index in [0.717, 1.165) is 11.0 Å². The van der Waals surface area contributed by atoms with Gasteiger partial charge in [-0.15, -0.1) is 5.10 Å². The molecule has 62 valence electrons. The standard InChI is InChI=1S/C8H8IN3/c1-6(9)12-8-5-3-2-4-7(8)10-11-12/h2-6H,1H3. The molecule has 0 aliphatic carbocycles. The zero-order valence-electron chi connectivity index (χ0n) is 6.61. The van der Waals surface area contributed by atoms with Crippen molar-refractivity contribution in [3.63, 3.8) is 0 Å². The Labute approximate surface area is 83.9 Å².